The van der Waals surface area contributed by atoms with Gasteiger partial charge in [0.05, 0.1) is 29.8 Å². The highest BCUT2D eigenvalue weighted by atomic mass is 35.5. The third-order valence-electron chi connectivity index (χ3n) is 3.80. The molecule has 1 heterocycles. The van der Waals surface area contributed by atoms with Crippen LogP contribution in [0.5, 0.6) is 5.75 Å². The molecule has 1 N–H and O–H groups in total. The Morgan fingerprint density at radius 3 is 2.59 bits per heavy atom. The van der Waals surface area contributed by atoms with E-state index in [1.54, 1.807) is 49.4 Å². The predicted molar refractivity (Wildman–Crippen MR) is 101 cm³/mol. The number of halogens is 1. The van der Waals surface area contributed by atoms with Crippen molar-refractivity contribution in [1.29, 1.82) is 0 Å². The van der Waals surface area contributed by atoms with E-state index in [2.05, 4.69) is 5.10 Å². The summed E-state index contributed by atoms with van der Waals surface area (Å²) in [6.07, 6.45) is -0.722. The molecule has 0 radical (unpaired) electrons. The molecule has 0 bridgehead atoms. The lowest BCUT2D eigenvalue weighted by molar-refractivity contribution is 0.0590. The highest BCUT2D eigenvalue weighted by Crippen LogP contribution is 2.25. The van der Waals surface area contributed by atoms with Gasteiger partial charge in [-0.3, -0.25) is 4.79 Å². The molecule has 1 atom stereocenters. The Bertz CT molecular complexity index is 1040. The summed E-state index contributed by atoms with van der Waals surface area (Å²) in [6.45, 7) is 1.56. The van der Waals surface area contributed by atoms with E-state index in [1.807, 2.05) is 0 Å². The Labute approximate surface area is 159 Å². The predicted octanol–water partition coefficient (Wildman–Crippen LogP) is 2.59. The van der Waals surface area contributed by atoms with Crippen molar-refractivity contribution in [3.63, 3.8) is 0 Å². The number of carbonyl (C=O) groups excluding carboxylic acids is 1. The lowest BCUT2D eigenvalue weighted by atomic mass is 10.1. The third kappa shape index (κ3) is 3.79. The highest BCUT2D eigenvalue weighted by Gasteiger charge is 2.21. The molecule has 0 amide bonds. The van der Waals surface area contributed by atoms with Crippen molar-refractivity contribution < 1.29 is 19.4 Å². The van der Waals surface area contributed by atoms with E-state index in [4.69, 9.17) is 21.1 Å². The lowest BCUT2D eigenvalue weighted by Crippen LogP contribution is -2.24. The first-order chi connectivity index (χ1) is 12.9. The van der Waals surface area contributed by atoms with Crippen LogP contribution in [-0.2, 0) is 4.74 Å². The molecule has 27 heavy (non-hydrogen) atoms. The topological polar surface area (TPSA) is 90.7 Å². The second kappa shape index (κ2) is 7.77. The third-order valence-corrected chi connectivity index (χ3v) is 4.06. The van der Waals surface area contributed by atoms with Gasteiger partial charge in [0.15, 0.2) is 0 Å². The standard InChI is InChI=1S/C19H17ClN2O5/c1-11(23)10-27-15-5-3-4-14-16(15)18(24)17(19(25)26-2)21-22(14)13-8-6-12(20)7-9-13/h3-9,11,23H,10H2,1-2H3. The second-order valence-electron chi connectivity index (χ2n) is 5.87. The van der Waals surface area contributed by atoms with E-state index in [0.717, 1.165) is 0 Å². The number of benzene rings is 2. The van der Waals surface area contributed by atoms with Gasteiger partial charge in [-0.15, -0.1) is 0 Å². The number of nitrogens with zero attached hydrogens (tertiary/aromatic N) is 2. The molecular formula is C19H17ClN2O5. The maximum absolute atomic E-state index is 12.9. The fraction of sp³-hybridized carbons (Fsp3) is 0.211. The number of carbonyl (C=O) groups is 1. The summed E-state index contributed by atoms with van der Waals surface area (Å²) < 4.78 is 11.7. The molecule has 0 spiro atoms. The number of aliphatic hydroxyl groups excluding tert-OH is 1. The van der Waals surface area contributed by atoms with E-state index < -0.39 is 17.5 Å². The first-order valence-corrected chi connectivity index (χ1v) is 8.51. The lowest BCUT2D eigenvalue weighted by Gasteiger charge is -2.15. The molecule has 0 fully saturated rings. The number of rotatable bonds is 5. The minimum Gasteiger partial charge on any atom is -0.490 e. The molecule has 0 aliphatic rings. The van der Waals surface area contributed by atoms with Crippen LogP contribution in [0.1, 0.15) is 17.4 Å². The van der Waals surface area contributed by atoms with Crippen LogP contribution in [0.2, 0.25) is 5.02 Å². The quantitative estimate of drug-likeness (QED) is 0.675. The molecule has 3 rings (SSSR count). The Morgan fingerprint density at radius 1 is 1.26 bits per heavy atom. The monoisotopic (exact) mass is 388 g/mol. The van der Waals surface area contributed by atoms with Gasteiger partial charge < -0.3 is 14.6 Å². The van der Waals surface area contributed by atoms with Crippen LogP contribution in [0.3, 0.4) is 0 Å². The average molecular weight is 389 g/mol. The van der Waals surface area contributed by atoms with Crippen molar-refractivity contribution in [2.75, 3.05) is 13.7 Å². The minimum absolute atomic E-state index is 0.00458. The zero-order chi connectivity index (χ0) is 19.6. The second-order valence-corrected chi connectivity index (χ2v) is 6.30. The van der Waals surface area contributed by atoms with Gasteiger partial charge >= 0.3 is 5.97 Å². The van der Waals surface area contributed by atoms with Crippen molar-refractivity contribution in [3.8, 4) is 11.4 Å². The van der Waals surface area contributed by atoms with Crippen molar-refractivity contribution in [3.05, 3.63) is 63.4 Å². The van der Waals surface area contributed by atoms with Gasteiger partial charge in [0.2, 0.25) is 11.1 Å². The minimum atomic E-state index is -0.852. The van der Waals surface area contributed by atoms with E-state index in [9.17, 15) is 14.7 Å². The number of methoxy groups -OCH3 is 1. The van der Waals surface area contributed by atoms with Gasteiger partial charge in [-0.2, -0.15) is 5.10 Å². The number of aromatic nitrogens is 2. The summed E-state index contributed by atoms with van der Waals surface area (Å²) >= 11 is 5.95. The van der Waals surface area contributed by atoms with Gasteiger partial charge in [-0.1, -0.05) is 17.7 Å². The van der Waals surface area contributed by atoms with Crippen LogP contribution < -0.4 is 10.2 Å². The van der Waals surface area contributed by atoms with Crippen molar-refractivity contribution in [1.82, 2.24) is 9.78 Å². The zero-order valence-electron chi connectivity index (χ0n) is 14.7. The van der Waals surface area contributed by atoms with Gasteiger partial charge in [0, 0.05) is 5.02 Å². The summed E-state index contributed by atoms with van der Waals surface area (Å²) in [4.78, 5) is 25.0. The van der Waals surface area contributed by atoms with Gasteiger partial charge in [-0.25, -0.2) is 9.48 Å². The van der Waals surface area contributed by atoms with E-state index in [0.29, 0.717) is 16.2 Å². The molecule has 7 nitrogen and oxygen atoms in total. The Kier molecular flexibility index (Phi) is 5.43. The number of hydrogen-bond acceptors (Lipinski definition) is 6. The van der Waals surface area contributed by atoms with Crippen molar-refractivity contribution >= 4 is 28.5 Å². The van der Waals surface area contributed by atoms with Crippen LogP contribution >= 0.6 is 11.6 Å². The molecule has 8 heteroatoms. The van der Waals surface area contributed by atoms with Crippen LogP contribution in [-0.4, -0.2) is 40.7 Å². The highest BCUT2D eigenvalue weighted by molar-refractivity contribution is 6.30. The Balaban J connectivity index is 2.33. The van der Waals surface area contributed by atoms with E-state index >= 15 is 0 Å². The maximum atomic E-state index is 12.9. The molecular weight excluding hydrogens is 372 g/mol. The Hall–Kier alpha value is -2.90. The van der Waals surface area contributed by atoms with Crippen molar-refractivity contribution in [2.45, 2.75) is 13.0 Å². The molecule has 3 aromatic rings. The summed E-state index contributed by atoms with van der Waals surface area (Å²) in [5.41, 5.74) is 0.0663. The molecule has 0 aliphatic heterocycles. The average Bonchev–Trinajstić information content (AvgIpc) is 2.66. The first kappa shape index (κ1) is 18.9. The number of esters is 1. The van der Waals surface area contributed by atoms with Gasteiger partial charge in [0.25, 0.3) is 0 Å². The fourth-order valence-corrected chi connectivity index (χ4v) is 2.71. The zero-order valence-corrected chi connectivity index (χ0v) is 15.4. The van der Waals surface area contributed by atoms with Crippen LogP contribution in [0.4, 0.5) is 0 Å². The van der Waals surface area contributed by atoms with Crippen LogP contribution in [0.25, 0.3) is 16.6 Å². The first-order valence-electron chi connectivity index (χ1n) is 8.13. The van der Waals surface area contributed by atoms with E-state index in [-0.39, 0.29) is 23.4 Å². The molecule has 0 aliphatic carbocycles. The summed E-state index contributed by atoms with van der Waals surface area (Å²) in [7, 11) is 1.18. The maximum Gasteiger partial charge on any atom is 0.362 e. The molecule has 0 saturated carbocycles. The summed E-state index contributed by atoms with van der Waals surface area (Å²) in [5.74, 6) is -0.608. The number of aliphatic hydroxyl groups is 1. The summed E-state index contributed by atoms with van der Waals surface area (Å²) in [5, 5.41) is 14.4. The molecule has 1 aromatic heterocycles. The molecule has 140 valence electrons. The van der Waals surface area contributed by atoms with Gasteiger partial charge in [0.1, 0.15) is 12.4 Å². The number of ether oxygens (including phenoxy) is 2. The number of fused-ring (bicyclic) bond motifs is 1. The van der Waals surface area contributed by atoms with E-state index in [1.165, 1.54) is 11.8 Å². The molecule has 0 saturated heterocycles. The number of hydrogen-bond donors (Lipinski definition) is 1. The van der Waals surface area contributed by atoms with Crippen LogP contribution in [0, 0.1) is 0 Å². The SMILES string of the molecule is COC(=O)c1nn(-c2ccc(Cl)cc2)c2cccc(OCC(C)O)c2c1=O. The Morgan fingerprint density at radius 2 is 1.96 bits per heavy atom. The normalized spacial score (nSPS) is 12.0. The van der Waals surface area contributed by atoms with Crippen LogP contribution in [0.15, 0.2) is 47.3 Å². The largest absolute Gasteiger partial charge is 0.490 e. The molecule has 1 unspecified atom stereocenters. The summed E-state index contributed by atoms with van der Waals surface area (Å²) in [6, 6.07) is 11.8. The van der Waals surface area contributed by atoms with Gasteiger partial charge in [-0.05, 0) is 43.3 Å². The smallest absolute Gasteiger partial charge is 0.362 e. The molecule has 2 aromatic carbocycles. The fourth-order valence-electron chi connectivity index (χ4n) is 2.58. The van der Waals surface area contributed by atoms with Crippen molar-refractivity contribution in [2.24, 2.45) is 0 Å².